The smallest absolute Gasteiger partial charge is 0.249 e. The number of carbonyl (C=O) groups excluding carboxylic acids is 1. The summed E-state index contributed by atoms with van der Waals surface area (Å²) in [7, 11) is 1.90. The molecule has 6 heteroatoms. The van der Waals surface area contributed by atoms with Gasteiger partial charge in [0.2, 0.25) is 5.91 Å². The highest BCUT2D eigenvalue weighted by atomic mass is 16.2. The second-order valence-corrected chi connectivity index (χ2v) is 5.81. The zero-order chi connectivity index (χ0) is 16.5. The molecule has 0 N–H and O–H groups in total. The molecule has 1 aliphatic rings. The molecule has 3 aromatic rings. The maximum Gasteiger partial charge on any atom is 0.249 e. The number of anilines is 2. The molecule has 1 aromatic carbocycles. The molecule has 6 nitrogen and oxygen atoms in total. The van der Waals surface area contributed by atoms with Crippen LogP contribution in [0, 0.1) is 0 Å². The summed E-state index contributed by atoms with van der Waals surface area (Å²) in [6, 6.07) is 13.3. The number of likely N-dealkylation sites (N-methyl/N-ethyl adjacent to an activating group) is 1. The van der Waals surface area contributed by atoms with Crippen LogP contribution in [0.5, 0.6) is 0 Å². The van der Waals surface area contributed by atoms with Crippen LogP contribution in [-0.4, -0.2) is 40.5 Å². The SMILES string of the molecule is CN(c1ccc2nccnc2n1)C1CCN(c2ccccc2)C1=O. The van der Waals surface area contributed by atoms with E-state index in [4.69, 9.17) is 0 Å². The van der Waals surface area contributed by atoms with Crippen molar-refractivity contribution in [3.63, 3.8) is 0 Å². The number of aromatic nitrogens is 3. The lowest BCUT2D eigenvalue weighted by Crippen LogP contribution is -2.40. The molecule has 1 atom stereocenters. The fourth-order valence-corrected chi connectivity index (χ4v) is 3.09. The van der Waals surface area contributed by atoms with Crippen LogP contribution in [0.15, 0.2) is 54.9 Å². The molecular weight excluding hydrogens is 302 g/mol. The summed E-state index contributed by atoms with van der Waals surface area (Å²) in [5.41, 5.74) is 2.28. The Morgan fingerprint density at radius 2 is 1.88 bits per heavy atom. The molecule has 2 aromatic heterocycles. The van der Waals surface area contributed by atoms with Gasteiger partial charge in [0.25, 0.3) is 0 Å². The van der Waals surface area contributed by atoms with Gasteiger partial charge in [-0.3, -0.25) is 9.78 Å². The van der Waals surface area contributed by atoms with Gasteiger partial charge in [-0.2, -0.15) is 0 Å². The third-order valence-electron chi connectivity index (χ3n) is 4.39. The van der Waals surface area contributed by atoms with Crippen LogP contribution in [-0.2, 0) is 4.79 Å². The van der Waals surface area contributed by atoms with Crippen molar-refractivity contribution in [2.75, 3.05) is 23.4 Å². The first-order chi connectivity index (χ1) is 11.7. The predicted octanol–water partition coefficient (Wildman–Crippen LogP) is 2.27. The van der Waals surface area contributed by atoms with Crippen molar-refractivity contribution in [3.05, 3.63) is 54.9 Å². The molecule has 3 heterocycles. The Hall–Kier alpha value is -3.02. The van der Waals surface area contributed by atoms with Gasteiger partial charge < -0.3 is 9.80 Å². The molecule has 1 saturated heterocycles. The van der Waals surface area contributed by atoms with Crippen molar-refractivity contribution < 1.29 is 4.79 Å². The average Bonchev–Trinajstić information content (AvgIpc) is 3.03. The van der Waals surface area contributed by atoms with Gasteiger partial charge >= 0.3 is 0 Å². The summed E-state index contributed by atoms with van der Waals surface area (Å²) in [4.78, 5) is 29.6. The van der Waals surface area contributed by atoms with Crippen LogP contribution in [0.3, 0.4) is 0 Å². The number of para-hydroxylation sites is 1. The second-order valence-electron chi connectivity index (χ2n) is 5.81. The Balaban J connectivity index is 1.60. The van der Waals surface area contributed by atoms with Crippen LogP contribution >= 0.6 is 0 Å². The summed E-state index contributed by atoms with van der Waals surface area (Å²) in [5, 5.41) is 0. The van der Waals surface area contributed by atoms with Crippen LogP contribution in [0.4, 0.5) is 11.5 Å². The van der Waals surface area contributed by atoms with E-state index in [0.717, 1.165) is 23.4 Å². The van der Waals surface area contributed by atoms with E-state index in [1.54, 1.807) is 12.4 Å². The van der Waals surface area contributed by atoms with Crippen molar-refractivity contribution >= 4 is 28.6 Å². The van der Waals surface area contributed by atoms with E-state index in [1.165, 1.54) is 0 Å². The number of fused-ring (bicyclic) bond motifs is 1. The topological polar surface area (TPSA) is 62.2 Å². The van der Waals surface area contributed by atoms with Crippen molar-refractivity contribution in [1.82, 2.24) is 15.0 Å². The number of amides is 1. The quantitative estimate of drug-likeness (QED) is 0.741. The van der Waals surface area contributed by atoms with Gasteiger partial charge in [-0.25, -0.2) is 9.97 Å². The van der Waals surface area contributed by atoms with Crippen LogP contribution < -0.4 is 9.80 Å². The van der Waals surface area contributed by atoms with Gasteiger partial charge in [0.1, 0.15) is 17.4 Å². The number of benzene rings is 1. The third-order valence-corrected chi connectivity index (χ3v) is 4.39. The van der Waals surface area contributed by atoms with E-state index < -0.39 is 0 Å². The molecule has 0 radical (unpaired) electrons. The Kier molecular flexibility index (Phi) is 3.57. The Morgan fingerprint density at radius 1 is 1.08 bits per heavy atom. The summed E-state index contributed by atoms with van der Waals surface area (Å²) >= 11 is 0. The first kappa shape index (κ1) is 14.6. The standard InChI is InChI=1S/C18H17N5O/c1-22(16-8-7-14-17(21-16)20-11-10-19-14)15-9-12-23(18(15)24)13-5-3-2-4-6-13/h2-8,10-11,15H,9,12H2,1H3. The molecule has 1 fully saturated rings. The van der Waals surface area contributed by atoms with Gasteiger partial charge in [0.05, 0.1) is 0 Å². The van der Waals surface area contributed by atoms with Crippen LogP contribution in [0.25, 0.3) is 11.2 Å². The molecule has 1 amide bonds. The van der Waals surface area contributed by atoms with E-state index in [0.29, 0.717) is 12.2 Å². The lowest BCUT2D eigenvalue weighted by atomic mass is 10.2. The first-order valence-corrected chi connectivity index (χ1v) is 7.91. The average molecular weight is 319 g/mol. The van der Waals surface area contributed by atoms with Gasteiger partial charge in [0, 0.05) is 31.7 Å². The summed E-state index contributed by atoms with van der Waals surface area (Å²) in [6.07, 6.45) is 4.03. The number of hydrogen-bond acceptors (Lipinski definition) is 5. The first-order valence-electron chi connectivity index (χ1n) is 7.91. The van der Waals surface area contributed by atoms with E-state index in [2.05, 4.69) is 15.0 Å². The van der Waals surface area contributed by atoms with Crippen LogP contribution in [0.2, 0.25) is 0 Å². The van der Waals surface area contributed by atoms with Crippen molar-refractivity contribution in [2.24, 2.45) is 0 Å². The summed E-state index contributed by atoms with van der Waals surface area (Å²) < 4.78 is 0. The Labute approximate surface area is 139 Å². The monoisotopic (exact) mass is 319 g/mol. The van der Waals surface area contributed by atoms with E-state index in [1.807, 2.05) is 59.3 Å². The molecule has 1 unspecified atom stereocenters. The lowest BCUT2D eigenvalue weighted by Gasteiger charge is -2.25. The zero-order valence-corrected chi connectivity index (χ0v) is 13.3. The fraction of sp³-hybridized carbons (Fsp3) is 0.222. The molecule has 0 bridgehead atoms. The number of hydrogen-bond donors (Lipinski definition) is 0. The van der Waals surface area contributed by atoms with Crippen LogP contribution in [0.1, 0.15) is 6.42 Å². The molecule has 0 saturated carbocycles. The third kappa shape index (κ3) is 2.46. The highest BCUT2D eigenvalue weighted by Crippen LogP contribution is 2.26. The molecule has 0 spiro atoms. The number of carbonyl (C=O) groups is 1. The lowest BCUT2D eigenvalue weighted by molar-refractivity contribution is -0.118. The minimum absolute atomic E-state index is 0.102. The molecule has 120 valence electrons. The van der Waals surface area contributed by atoms with Gasteiger partial charge in [-0.1, -0.05) is 18.2 Å². The second kappa shape index (κ2) is 5.88. The van der Waals surface area contributed by atoms with Gasteiger partial charge in [0.15, 0.2) is 5.65 Å². The number of rotatable bonds is 3. The molecule has 24 heavy (non-hydrogen) atoms. The van der Waals surface area contributed by atoms with Crippen molar-refractivity contribution in [2.45, 2.75) is 12.5 Å². The van der Waals surface area contributed by atoms with Crippen molar-refractivity contribution in [3.8, 4) is 0 Å². The highest BCUT2D eigenvalue weighted by molar-refractivity contribution is 6.01. The maximum absolute atomic E-state index is 12.8. The normalized spacial score (nSPS) is 17.5. The summed E-state index contributed by atoms with van der Waals surface area (Å²) in [5.74, 6) is 0.834. The Bertz CT molecular complexity index is 883. The van der Waals surface area contributed by atoms with Gasteiger partial charge in [-0.05, 0) is 30.7 Å². The summed E-state index contributed by atoms with van der Waals surface area (Å²) in [6.45, 7) is 0.714. The van der Waals surface area contributed by atoms with E-state index in [-0.39, 0.29) is 11.9 Å². The molecule has 1 aliphatic heterocycles. The number of nitrogens with zero attached hydrogens (tertiary/aromatic N) is 5. The fourth-order valence-electron chi connectivity index (χ4n) is 3.09. The molecular formula is C18H17N5O. The van der Waals surface area contributed by atoms with Crippen molar-refractivity contribution in [1.29, 1.82) is 0 Å². The zero-order valence-electron chi connectivity index (χ0n) is 13.3. The van der Waals surface area contributed by atoms with E-state index >= 15 is 0 Å². The van der Waals surface area contributed by atoms with Gasteiger partial charge in [-0.15, -0.1) is 0 Å². The molecule has 4 rings (SSSR count). The molecule has 0 aliphatic carbocycles. The number of pyridine rings is 1. The highest BCUT2D eigenvalue weighted by Gasteiger charge is 2.35. The van der Waals surface area contributed by atoms with E-state index in [9.17, 15) is 4.79 Å². The maximum atomic E-state index is 12.8. The predicted molar refractivity (Wildman–Crippen MR) is 92.9 cm³/mol. The largest absolute Gasteiger partial charge is 0.347 e. The minimum Gasteiger partial charge on any atom is -0.347 e. The Morgan fingerprint density at radius 3 is 2.71 bits per heavy atom. The minimum atomic E-state index is -0.216.